The zero-order chi connectivity index (χ0) is 17.9. The van der Waals surface area contributed by atoms with E-state index >= 15 is 0 Å². The van der Waals surface area contributed by atoms with E-state index < -0.39 is 21.8 Å². The van der Waals surface area contributed by atoms with Crippen LogP contribution in [-0.2, 0) is 10.0 Å². The van der Waals surface area contributed by atoms with E-state index in [1.165, 1.54) is 44.6 Å². The van der Waals surface area contributed by atoms with Crippen molar-refractivity contribution < 1.29 is 22.4 Å². The van der Waals surface area contributed by atoms with Crippen molar-refractivity contribution in [2.45, 2.75) is 11.8 Å². The second-order valence-electron chi connectivity index (χ2n) is 5.16. The van der Waals surface area contributed by atoms with Gasteiger partial charge in [0.25, 0.3) is 5.91 Å². The van der Waals surface area contributed by atoms with Gasteiger partial charge < -0.3 is 4.42 Å². The first kappa shape index (κ1) is 17.7. The van der Waals surface area contributed by atoms with Gasteiger partial charge >= 0.3 is 5.91 Å². The molecule has 1 aromatic carbocycles. The molecule has 0 aliphatic carbocycles. The van der Waals surface area contributed by atoms with Crippen LogP contribution < -0.4 is 10.9 Å². The highest BCUT2D eigenvalue weighted by molar-refractivity contribution is 7.89. The summed E-state index contributed by atoms with van der Waals surface area (Å²) in [5, 5.41) is 0. The number of nitrogens with one attached hydrogen (secondary N) is 2. The summed E-state index contributed by atoms with van der Waals surface area (Å²) in [6, 6.07) is 7.12. The second-order valence-corrected chi connectivity index (χ2v) is 7.31. The first-order valence-corrected chi connectivity index (χ1v) is 8.35. The molecule has 8 nitrogen and oxygen atoms in total. The predicted octanol–water partition coefficient (Wildman–Crippen LogP) is 0.913. The highest BCUT2D eigenvalue weighted by Gasteiger charge is 2.19. The molecule has 0 spiro atoms. The quantitative estimate of drug-likeness (QED) is 0.796. The fourth-order valence-electron chi connectivity index (χ4n) is 1.86. The average Bonchev–Trinajstić information content (AvgIpc) is 2.98. The van der Waals surface area contributed by atoms with E-state index in [0.29, 0.717) is 5.56 Å². The van der Waals surface area contributed by atoms with Crippen molar-refractivity contribution in [2.75, 3.05) is 14.1 Å². The predicted molar refractivity (Wildman–Crippen MR) is 85.7 cm³/mol. The summed E-state index contributed by atoms with van der Waals surface area (Å²) in [5.41, 5.74) is 5.15. The van der Waals surface area contributed by atoms with Gasteiger partial charge in [-0.15, -0.1) is 0 Å². The van der Waals surface area contributed by atoms with E-state index in [9.17, 15) is 18.0 Å². The van der Waals surface area contributed by atoms with E-state index in [1.54, 1.807) is 13.0 Å². The molecular formula is C15H17N3O5S. The summed E-state index contributed by atoms with van der Waals surface area (Å²) in [4.78, 5) is 23.9. The number of benzene rings is 1. The lowest BCUT2D eigenvalue weighted by molar-refractivity contribution is 0.0830. The fourth-order valence-corrected chi connectivity index (χ4v) is 2.80. The number of hydrazine groups is 1. The van der Waals surface area contributed by atoms with E-state index in [0.717, 1.165) is 4.31 Å². The van der Waals surface area contributed by atoms with Gasteiger partial charge in [-0.3, -0.25) is 20.4 Å². The summed E-state index contributed by atoms with van der Waals surface area (Å²) >= 11 is 0. The number of carbonyl (C=O) groups excluding carboxylic acids is 2. The van der Waals surface area contributed by atoms with Crippen LogP contribution in [-0.4, -0.2) is 38.6 Å². The molecule has 0 saturated carbocycles. The minimum atomic E-state index is -3.65. The Morgan fingerprint density at radius 1 is 1.08 bits per heavy atom. The fraction of sp³-hybridized carbons (Fsp3) is 0.200. The van der Waals surface area contributed by atoms with Gasteiger partial charge in [-0.05, 0) is 31.2 Å². The molecule has 0 aliphatic rings. The molecule has 2 N–H and O–H groups in total. The van der Waals surface area contributed by atoms with Crippen molar-refractivity contribution in [3.05, 3.63) is 53.5 Å². The summed E-state index contributed by atoms with van der Waals surface area (Å²) in [6.07, 6.45) is 1.36. The van der Waals surface area contributed by atoms with Gasteiger partial charge in [-0.25, -0.2) is 12.7 Å². The van der Waals surface area contributed by atoms with Crippen molar-refractivity contribution in [1.82, 2.24) is 15.2 Å². The normalized spacial score (nSPS) is 11.3. The number of furan rings is 1. The SMILES string of the molecule is Cc1ccoc1C(=O)NNC(=O)c1cccc(S(=O)(=O)N(C)C)c1. The zero-order valence-electron chi connectivity index (χ0n) is 13.4. The van der Waals surface area contributed by atoms with Gasteiger partial charge in [0.1, 0.15) is 0 Å². The third kappa shape index (κ3) is 3.63. The maximum Gasteiger partial charge on any atom is 0.305 e. The minimum absolute atomic E-state index is 0.0200. The molecule has 2 amide bonds. The lowest BCUT2D eigenvalue weighted by atomic mass is 10.2. The van der Waals surface area contributed by atoms with Crippen LogP contribution in [0.15, 0.2) is 45.9 Å². The molecule has 9 heteroatoms. The number of amides is 2. The van der Waals surface area contributed by atoms with Crippen LogP contribution in [0.5, 0.6) is 0 Å². The molecule has 0 fully saturated rings. The van der Waals surface area contributed by atoms with Crippen molar-refractivity contribution in [1.29, 1.82) is 0 Å². The van der Waals surface area contributed by atoms with E-state index in [2.05, 4.69) is 10.9 Å². The summed E-state index contributed by atoms with van der Waals surface area (Å²) < 4.78 is 30.2. The molecule has 0 aliphatic heterocycles. The molecule has 2 rings (SSSR count). The number of rotatable bonds is 4. The van der Waals surface area contributed by atoms with Gasteiger partial charge in [0.05, 0.1) is 11.2 Å². The maximum absolute atomic E-state index is 12.1. The van der Waals surface area contributed by atoms with Crippen LogP contribution in [0.25, 0.3) is 0 Å². The van der Waals surface area contributed by atoms with Crippen molar-refractivity contribution in [2.24, 2.45) is 0 Å². The van der Waals surface area contributed by atoms with Crippen molar-refractivity contribution in [3.63, 3.8) is 0 Å². The minimum Gasteiger partial charge on any atom is -0.459 e. The van der Waals surface area contributed by atoms with Crippen LogP contribution in [0.4, 0.5) is 0 Å². The molecule has 128 valence electrons. The van der Waals surface area contributed by atoms with Crippen LogP contribution >= 0.6 is 0 Å². The Morgan fingerprint density at radius 3 is 2.33 bits per heavy atom. The van der Waals surface area contributed by atoms with Gasteiger partial charge in [-0.2, -0.15) is 0 Å². The van der Waals surface area contributed by atoms with Gasteiger partial charge in [0.2, 0.25) is 10.0 Å². The molecule has 1 aromatic heterocycles. The Balaban J connectivity index is 2.11. The molecule has 0 bridgehead atoms. The molecule has 0 saturated heterocycles. The van der Waals surface area contributed by atoms with Gasteiger partial charge in [-0.1, -0.05) is 6.07 Å². The van der Waals surface area contributed by atoms with E-state index in [-0.39, 0.29) is 16.2 Å². The summed E-state index contributed by atoms with van der Waals surface area (Å²) in [5.74, 6) is -1.18. The smallest absolute Gasteiger partial charge is 0.305 e. The van der Waals surface area contributed by atoms with Crippen LogP contribution in [0.3, 0.4) is 0 Å². The van der Waals surface area contributed by atoms with E-state index in [4.69, 9.17) is 4.42 Å². The second kappa shape index (κ2) is 6.85. The lowest BCUT2D eigenvalue weighted by Gasteiger charge is -2.12. The number of nitrogens with zero attached hydrogens (tertiary/aromatic N) is 1. The van der Waals surface area contributed by atoms with Gasteiger partial charge in [0.15, 0.2) is 5.76 Å². The molecule has 24 heavy (non-hydrogen) atoms. The third-order valence-electron chi connectivity index (χ3n) is 3.23. The number of sulfonamides is 1. The standard InChI is InChI=1S/C15H17N3O5S/c1-10-7-8-23-13(10)15(20)17-16-14(19)11-5-4-6-12(9-11)24(21,22)18(2)3/h4-9H,1-3H3,(H,16,19)(H,17,20). The molecular weight excluding hydrogens is 334 g/mol. The number of hydrogen-bond acceptors (Lipinski definition) is 5. The van der Waals surface area contributed by atoms with Crippen LogP contribution in [0.1, 0.15) is 26.5 Å². The van der Waals surface area contributed by atoms with Crippen LogP contribution in [0, 0.1) is 6.92 Å². The number of hydrogen-bond donors (Lipinski definition) is 2. The monoisotopic (exact) mass is 351 g/mol. The Labute approximate surface area is 139 Å². The van der Waals surface area contributed by atoms with E-state index in [1.807, 2.05) is 0 Å². The first-order chi connectivity index (χ1) is 11.2. The number of aryl methyl sites for hydroxylation is 1. The first-order valence-electron chi connectivity index (χ1n) is 6.91. The Hall–Kier alpha value is -2.65. The highest BCUT2D eigenvalue weighted by atomic mass is 32.2. The number of carbonyl (C=O) groups is 2. The van der Waals surface area contributed by atoms with Gasteiger partial charge in [0, 0.05) is 25.2 Å². The molecule has 2 aromatic rings. The zero-order valence-corrected chi connectivity index (χ0v) is 14.2. The Bertz CT molecular complexity index is 871. The van der Waals surface area contributed by atoms with Crippen LogP contribution in [0.2, 0.25) is 0 Å². The topological polar surface area (TPSA) is 109 Å². The molecule has 1 heterocycles. The molecule has 0 atom stereocenters. The highest BCUT2D eigenvalue weighted by Crippen LogP contribution is 2.14. The maximum atomic E-state index is 12.1. The largest absolute Gasteiger partial charge is 0.459 e. The Kier molecular flexibility index (Phi) is 5.05. The average molecular weight is 351 g/mol. The lowest BCUT2D eigenvalue weighted by Crippen LogP contribution is -2.41. The third-order valence-corrected chi connectivity index (χ3v) is 5.04. The summed E-state index contributed by atoms with van der Waals surface area (Å²) in [7, 11) is -0.861. The molecule has 0 radical (unpaired) electrons. The Morgan fingerprint density at radius 2 is 1.75 bits per heavy atom. The molecule has 0 unspecified atom stereocenters. The van der Waals surface area contributed by atoms with Crippen molar-refractivity contribution >= 4 is 21.8 Å². The van der Waals surface area contributed by atoms with Crippen molar-refractivity contribution in [3.8, 4) is 0 Å². The summed E-state index contributed by atoms with van der Waals surface area (Å²) in [6.45, 7) is 1.69.